The number of aromatic nitrogens is 1. The van der Waals surface area contributed by atoms with E-state index in [1.165, 1.54) is 0 Å². The van der Waals surface area contributed by atoms with Crippen molar-refractivity contribution in [2.45, 2.75) is 0 Å². The van der Waals surface area contributed by atoms with Crippen molar-refractivity contribution in [2.24, 2.45) is 0 Å². The van der Waals surface area contributed by atoms with Crippen molar-refractivity contribution in [3.63, 3.8) is 0 Å². The molecule has 1 aromatic rings. The average molecular weight is 183 g/mol. The minimum absolute atomic E-state index is 0.0509. The van der Waals surface area contributed by atoms with Crippen molar-refractivity contribution in [2.75, 3.05) is 26.4 Å². The van der Waals surface area contributed by atoms with Gasteiger partial charge in [-0.1, -0.05) is 0 Å². The van der Waals surface area contributed by atoms with Gasteiger partial charge in [-0.2, -0.15) is 0 Å². The molecule has 0 aromatic carbocycles. The summed E-state index contributed by atoms with van der Waals surface area (Å²) < 4.78 is 10.3. The van der Waals surface area contributed by atoms with E-state index in [9.17, 15) is 0 Å². The second-order valence-corrected chi connectivity index (χ2v) is 2.37. The standard InChI is InChI=1S/C9H13NO3/c11-5-6-12-7-8-13-9-1-3-10-4-2-9/h1-4,11H,5-8H2. The zero-order chi connectivity index (χ0) is 9.36. The summed E-state index contributed by atoms with van der Waals surface area (Å²) in [6.07, 6.45) is 3.34. The normalized spacial score (nSPS) is 9.92. The number of nitrogens with zero attached hydrogens (tertiary/aromatic N) is 1. The molecular weight excluding hydrogens is 170 g/mol. The number of hydrogen-bond donors (Lipinski definition) is 1. The molecule has 4 heteroatoms. The molecule has 0 aliphatic heterocycles. The van der Waals surface area contributed by atoms with Gasteiger partial charge >= 0.3 is 0 Å². The summed E-state index contributed by atoms with van der Waals surface area (Å²) in [6.45, 7) is 1.39. The third-order valence-corrected chi connectivity index (χ3v) is 1.38. The van der Waals surface area contributed by atoms with E-state index in [4.69, 9.17) is 14.6 Å². The van der Waals surface area contributed by atoms with Crippen LogP contribution >= 0.6 is 0 Å². The molecule has 0 aliphatic carbocycles. The summed E-state index contributed by atoms with van der Waals surface area (Å²) in [6, 6.07) is 3.57. The summed E-state index contributed by atoms with van der Waals surface area (Å²) in [5.41, 5.74) is 0. The van der Waals surface area contributed by atoms with Crippen molar-refractivity contribution in [3.8, 4) is 5.75 Å². The van der Waals surface area contributed by atoms with Crippen LogP contribution in [0.15, 0.2) is 24.5 Å². The topological polar surface area (TPSA) is 51.6 Å². The van der Waals surface area contributed by atoms with Crippen LogP contribution in [0, 0.1) is 0 Å². The van der Waals surface area contributed by atoms with Crippen LogP contribution in [0.25, 0.3) is 0 Å². The SMILES string of the molecule is OCCOCCOc1ccncc1. The van der Waals surface area contributed by atoms with E-state index in [2.05, 4.69) is 4.98 Å². The molecule has 1 heterocycles. The first-order valence-corrected chi connectivity index (χ1v) is 4.15. The van der Waals surface area contributed by atoms with Crippen molar-refractivity contribution < 1.29 is 14.6 Å². The number of aliphatic hydroxyl groups is 1. The Labute approximate surface area is 77.1 Å². The Bertz CT molecular complexity index is 215. The number of hydrogen-bond acceptors (Lipinski definition) is 4. The van der Waals surface area contributed by atoms with Crippen molar-refractivity contribution in [3.05, 3.63) is 24.5 Å². The Kier molecular flexibility index (Phi) is 4.90. The molecule has 0 spiro atoms. The highest BCUT2D eigenvalue weighted by atomic mass is 16.5. The number of rotatable bonds is 6. The molecule has 72 valence electrons. The predicted octanol–water partition coefficient (Wildman–Crippen LogP) is 0.469. The monoisotopic (exact) mass is 183 g/mol. The molecule has 4 nitrogen and oxygen atoms in total. The third kappa shape index (κ3) is 4.45. The second-order valence-electron chi connectivity index (χ2n) is 2.37. The average Bonchev–Trinajstić information content (AvgIpc) is 2.19. The van der Waals surface area contributed by atoms with Gasteiger partial charge in [-0.3, -0.25) is 4.98 Å². The van der Waals surface area contributed by atoms with Crippen LogP contribution in [-0.2, 0) is 4.74 Å². The van der Waals surface area contributed by atoms with E-state index in [-0.39, 0.29) is 6.61 Å². The molecule has 0 atom stereocenters. The number of pyridine rings is 1. The van der Waals surface area contributed by atoms with Crippen LogP contribution in [0.4, 0.5) is 0 Å². The van der Waals surface area contributed by atoms with Gasteiger partial charge in [-0.25, -0.2) is 0 Å². The van der Waals surface area contributed by atoms with Gasteiger partial charge in [0.25, 0.3) is 0 Å². The quantitative estimate of drug-likeness (QED) is 0.651. The molecule has 0 saturated carbocycles. The maximum absolute atomic E-state index is 8.41. The lowest BCUT2D eigenvalue weighted by Gasteiger charge is -2.05. The minimum Gasteiger partial charge on any atom is -0.491 e. The van der Waals surface area contributed by atoms with E-state index >= 15 is 0 Å². The van der Waals surface area contributed by atoms with Gasteiger partial charge in [-0.15, -0.1) is 0 Å². The highest BCUT2D eigenvalue weighted by molar-refractivity contribution is 5.16. The lowest BCUT2D eigenvalue weighted by Crippen LogP contribution is -2.08. The van der Waals surface area contributed by atoms with Crippen LogP contribution in [0.5, 0.6) is 5.75 Å². The molecule has 0 unspecified atom stereocenters. The Morgan fingerprint density at radius 3 is 2.62 bits per heavy atom. The number of aliphatic hydroxyl groups excluding tert-OH is 1. The largest absolute Gasteiger partial charge is 0.491 e. The van der Waals surface area contributed by atoms with Gasteiger partial charge in [0.15, 0.2) is 0 Å². The van der Waals surface area contributed by atoms with Gasteiger partial charge in [0, 0.05) is 12.4 Å². The van der Waals surface area contributed by atoms with Crippen LogP contribution in [0.2, 0.25) is 0 Å². The van der Waals surface area contributed by atoms with Gasteiger partial charge in [-0.05, 0) is 12.1 Å². The first-order valence-electron chi connectivity index (χ1n) is 4.15. The van der Waals surface area contributed by atoms with E-state index in [0.29, 0.717) is 19.8 Å². The van der Waals surface area contributed by atoms with Crippen molar-refractivity contribution in [1.82, 2.24) is 4.98 Å². The summed E-state index contributed by atoms with van der Waals surface area (Å²) >= 11 is 0. The molecule has 0 aliphatic rings. The first-order chi connectivity index (χ1) is 6.43. The highest BCUT2D eigenvalue weighted by Crippen LogP contribution is 2.05. The Balaban J connectivity index is 2.07. The fourth-order valence-electron chi connectivity index (χ4n) is 0.820. The lowest BCUT2D eigenvalue weighted by atomic mass is 10.4. The van der Waals surface area contributed by atoms with Crippen LogP contribution < -0.4 is 4.74 Å². The van der Waals surface area contributed by atoms with E-state index in [1.54, 1.807) is 24.5 Å². The third-order valence-electron chi connectivity index (χ3n) is 1.38. The molecule has 0 bridgehead atoms. The molecular formula is C9H13NO3. The molecule has 1 aromatic heterocycles. The zero-order valence-electron chi connectivity index (χ0n) is 7.35. The molecule has 0 radical (unpaired) electrons. The highest BCUT2D eigenvalue weighted by Gasteiger charge is 1.91. The minimum atomic E-state index is 0.0509. The maximum Gasteiger partial charge on any atom is 0.122 e. The molecule has 1 N–H and O–H groups in total. The molecule has 13 heavy (non-hydrogen) atoms. The summed E-state index contributed by atoms with van der Waals surface area (Å²) in [5.74, 6) is 0.780. The molecule has 1 rings (SSSR count). The predicted molar refractivity (Wildman–Crippen MR) is 47.6 cm³/mol. The van der Waals surface area contributed by atoms with E-state index in [0.717, 1.165) is 5.75 Å². The van der Waals surface area contributed by atoms with Crippen molar-refractivity contribution >= 4 is 0 Å². The second kappa shape index (κ2) is 6.39. The maximum atomic E-state index is 8.41. The lowest BCUT2D eigenvalue weighted by molar-refractivity contribution is 0.0705. The van der Waals surface area contributed by atoms with Gasteiger partial charge < -0.3 is 14.6 Å². The summed E-state index contributed by atoms with van der Waals surface area (Å²) in [4.78, 5) is 3.86. The first kappa shape index (κ1) is 9.95. The molecule has 0 fully saturated rings. The van der Waals surface area contributed by atoms with Crippen molar-refractivity contribution in [1.29, 1.82) is 0 Å². The van der Waals surface area contributed by atoms with E-state index < -0.39 is 0 Å². The fourth-order valence-corrected chi connectivity index (χ4v) is 0.820. The molecule has 0 amide bonds. The Hall–Kier alpha value is -1.13. The smallest absolute Gasteiger partial charge is 0.122 e. The fraction of sp³-hybridized carbons (Fsp3) is 0.444. The van der Waals surface area contributed by atoms with Crippen LogP contribution in [0.3, 0.4) is 0 Å². The van der Waals surface area contributed by atoms with Gasteiger partial charge in [0.05, 0.1) is 19.8 Å². The zero-order valence-corrected chi connectivity index (χ0v) is 7.35. The van der Waals surface area contributed by atoms with Gasteiger partial charge in [0.1, 0.15) is 12.4 Å². The van der Waals surface area contributed by atoms with E-state index in [1.807, 2.05) is 0 Å². The summed E-state index contributed by atoms with van der Waals surface area (Å²) in [7, 11) is 0. The Morgan fingerprint density at radius 2 is 1.92 bits per heavy atom. The van der Waals surface area contributed by atoms with Gasteiger partial charge in [0.2, 0.25) is 0 Å². The van der Waals surface area contributed by atoms with Crippen LogP contribution in [-0.4, -0.2) is 36.5 Å². The number of ether oxygens (including phenoxy) is 2. The van der Waals surface area contributed by atoms with Crippen LogP contribution in [0.1, 0.15) is 0 Å². The molecule has 0 saturated heterocycles. The summed E-state index contributed by atoms with van der Waals surface area (Å²) in [5, 5.41) is 8.41. The Morgan fingerprint density at radius 1 is 1.15 bits per heavy atom.